The number of ether oxygens (including phenoxy) is 2. The van der Waals surface area contributed by atoms with E-state index in [-0.39, 0.29) is 6.79 Å². The van der Waals surface area contributed by atoms with E-state index in [0.717, 1.165) is 11.1 Å². The molecule has 1 unspecified atom stereocenters. The number of aromatic nitrogens is 3. The van der Waals surface area contributed by atoms with Gasteiger partial charge in [0.1, 0.15) is 0 Å². The Balaban J connectivity index is 1.60. The van der Waals surface area contributed by atoms with Crippen molar-refractivity contribution in [3.63, 3.8) is 0 Å². The molecular formula is C22H23N5O4S. The summed E-state index contributed by atoms with van der Waals surface area (Å²) in [5.74, 6) is 1.69. The van der Waals surface area contributed by atoms with Crippen LogP contribution in [-0.2, 0) is 11.3 Å². The summed E-state index contributed by atoms with van der Waals surface area (Å²) in [5.41, 5.74) is 1.89. The zero-order valence-electron chi connectivity index (χ0n) is 17.7. The number of urea groups is 1. The molecule has 2 heterocycles. The van der Waals surface area contributed by atoms with Crippen LogP contribution in [-0.4, -0.2) is 45.3 Å². The first-order chi connectivity index (χ1) is 15.5. The van der Waals surface area contributed by atoms with Crippen molar-refractivity contribution in [3.8, 4) is 22.9 Å². The summed E-state index contributed by atoms with van der Waals surface area (Å²) < 4.78 is 12.8. The van der Waals surface area contributed by atoms with Crippen LogP contribution in [0.4, 0.5) is 4.79 Å². The summed E-state index contributed by atoms with van der Waals surface area (Å²) in [6, 6.07) is 15.0. The number of rotatable bonds is 7. The fraction of sp³-hybridized carbons (Fsp3) is 0.273. The Labute approximate surface area is 189 Å². The Kier molecular flexibility index (Phi) is 6.60. The second kappa shape index (κ2) is 9.73. The summed E-state index contributed by atoms with van der Waals surface area (Å²) in [6.45, 7) is 4.62. The normalized spacial score (nSPS) is 12.9. The predicted octanol–water partition coefficient (Wildman–Crippen LogP) is 3.05. The molecule has 0 radical (unpaired) electrons. The maximum Gasteiger partial charge on any atom is 0.321 e. The van der Waals surface area contributed by atoms with E-state index in [0.29, 0.717) is 35.6 Å². The largest absolute Gasteiger partial charge is 0.454 e. The zero-order chi connectivity index (χ0) is 22.5. The molecule has 0 bridgehead atoms. The van der Waals surface area contributed by atoms with Gasteiger partial charge < -0.3 is 14.8 Å². The molecule has 3 amide bonds. The number of thioether (sulfide) groups is 1. The van der Waals surface area contributed by atoms with Gasteiger partial charge in [-0.2, -0.15) is 0 Å². The van der Waals surface area contributed by atoms with Gasteiger partial charge in [-0.1, -0.05) is 48.2 Å². The van der Waals surface area contributed by atoms with Crippen LogP contribution in [0.25, 0.3) is 11.4 Å². The Morgan fingerprint density at radius 1 is 1.12 bits per heavy atom. The Morgan fingerprint density at radius 2 is 1.91 bits per heavy atom. The van der Waals surface area contributed by atoms with Crippen LogP contribution >= 0.6 is 11.8 Å². The maximum atomic E-state index is 12.4. The molecule has 9 nitrogen and oxygen atoms in total. The molecule has 3 aromatic rings. The van der Waals surface area contributed by atoms with Crippen LogP contribution in [0.1, 0.15) is 19.4 Å². The maximum absolute atomic E-state index is 12.4. The van der Waals surface area contributed by atoms with Crippen molar-refractivity contribution < 1.29 is 19.1 Å². The average molecular weight is 454 g/mol. The molecule has 4 rings (SSSR count). The number of carbonyl (C=O) groups is 2. The molecule has 1 aliphatic heterocycles. The molecule has 0 spiro atoms. The third-order valence-electron chi connectivity index (χ3n) is 4.75. The summed E-state index contributed by atoms with van der Waals surface area (Å²) in [6.07, 6.45) is 0. The first kappa shape index (κ1) is 21.7. The first-order valence-electron chi connectivity index (χ1n) is 10.2. The fourth-order valence-electron chi connectivity index (χ4n) is 3.17. The second-order valence-corrected chi connectivity index (χ2v) is 8.36. The minimum Gasteiger partial charge on any atom is -0.454 e. The molecule has 0 fully saturated rings. The van der Waals surface area contributed by atoms with Crippen molar-refractivity contribution in [3.05, 3.63) is 54.1 Å². The van der Waals surface area contributed by atoms with E-state index in [1.807, 2.05) is 53.1 Å². The molecule has 166 valence electrons. The highest BCUT2D eigenvalue weighted by molar-refractivity contribution is 8.00. The highest BCUT2D eigenvalue weighted by atomic mass is 32.2. The quantitative estimate of drug-likeness (QED) is 0.530. The number of nitrogens with one attached hydrogen (secondary N) is 2. The van der Waals surface area contributed by atoms with Crippen molar-refractivity contribution in [2.45, 2.75) is 30.8 Å². The van der Waals surface area contributed by atoms with Gasteiger partial charge in [0.15, 0.2) is 22.5 Å². The van der Waals surface area contributed by atoms with E-state index in [1.165, 1.54) is 11.8 Å². The van der Waals surface area contributed by atoms with Crippen molar-refractivity contribution in [2.75, 3.05) is 13.3 Å². The van der Waals surface area contributed by atoms with Gasteiger partial charge in [-0.05, 0) is 31.5 Å². The molecule has 1 atom stereocenters. The molecule has 0 aliphatic carbocycles. The number of benzene rings is 2. The lowest BCUT2D eigenvalue weighted by Gasteiger charge is -2.14. The molecular weight excluding hydrogens is 430 g/mol. The van der Waals surface area contributed by atoms with E-state index in [2.05, 4.69) is 20.8 Å². The lowest BCUT2D eigenvalue weighted by atomic mass is 10.2. The van der Waals surface area contributed by atoms with Crippen molar-refractivity contribution in [1.29, 1.82) is 0 Å². The Morgan fingerprint density at radius 3 is 2.69 bits per heavy atom. The van der Waals surface area contributed by atoms with E-state index in [1.54, 1.807) is 13.8 Å². The van der Waals surface area contributed by atoms with Gasteiger partial charge in [-0.15, -0.1) is 10.2 Å². The van der Waals surface area contributed by atoms with Crippen molar-refractivity contribution >= 4 is 23.7 Å². The summed E-state index contributed by atoms with van der Waals surface area (Å²) in [4.78, 5) is 24.1. The molecule has 0 saturated carbocycles. The number of carbonyl (C=O) groups excluding carboxylic acids is 2. The minimum absolute atomic E-state index is 0.208. The monoisotopic (exact) mass is 453 g/mol. The van der Waals surface area contributed by atoms with Gasteiger partial charge in [0.25, 0.3) is 0 Å². The van der Waals surface area contributed by atoms with E-state index < -0.39 is 17.2 Å². The van der Waals surface area contributed by atoms with Crippen LogP contribution in [0, 0.1) is 0 Å². The number of fused-ring (bicyclic) bond motifs is 1. The van der Waals surface area contributed by atoms with E-state index in [4.69, 9.17) is 9.47 Å². The number of imide groups is 1. The number of hydrogen-bond donors (Lipinski definition) is 2. The Bertz CT molecular complexity index is 1120. The number of nitrogens with zero attached hydrogens (tertiary/aromatic N) is 3. The predicted molar refractivity (Wildman–Crippen MR) is 120 cm³/mol. The molecule has 1 aliphatic rings. The molecule has 0 saturated heterocycles. The van der Waals surface area contributed by atoms with Gasteiger partial charge in [0.05, 0.1) is 11.8 Å². The highest BCUT2D eigenvalue weighted by Gasteiger charge is 2.23. The summed E-state index contributed by atoms with van der Waals surface area (Å²) in [7, 11) is 0. The molecule has 2 aromatic carbocycles. The minimum atomic E-state index is -0.555. The molecule has 2 N–H and O–H groups in total. The Hall–Kier alpha value is -3.53. The van der Waals surface area contributed by atoms with Crippen LogP contribution < -0.4 is 20.1 Å². The van der Waals surface area contributed by atoms with Crippen LogP contribution in [0.3, 0.4) is 0 Å². The standard InChI is InChI=1S/C22H23N5O4S/c1-3-23-21(29)24-20(28)14(2)32-22-26-25-19(16-7-5-4-6-8-16)27(22)12-15-9-10-17-18(11-15)31-13-30-17/h4-11,14H,3,12-13H2,1-2H3,(H2,23,24,28,29). The topological polar surface area (TPSA) is 107 Å². The fourth-order valence-corrected chi connectivity index (χ4v) is 4.02. The highest BCUT2D eigenvalue weighted by Crippen LogP contribution is 2.34. The van der Waals surface area contributed by atoms with Crippen LogP contribution in [0.5, 0.6) is 11.5 Å². The van der Waals surface area contributed by atoms with E-state index in [9.17, 15) is 9.59 Å². The van der Waals surface area contributed by atoms with Crippen molar-refractivity contribution in [1.82, 2.24) is 25.4 Å². The lowest BCUT2D eigenvalue weighted by Crippen LogP contribution is -2.42. The third-order valence-corrected chi connectivity index (χ3v) is 5.83. The van der Waals surface area contributed by atoms with Gasteiger partial charge in [-0.25, -0.2) is 4.79 Å². The smallest absolute Gasteiger partial charge is 0.321 e. The van der Waals surface area contributed by atoms with Gasteiger partial charge in [0, 0.05) is 12.1 Å². The molecule has 1 aromatic heterocycles. The molecule has 10 heteroatoms. The van der Waals surface area contributed by atoms with Crippen molar-refractivity contribution in [2.24, 2.45) is 0 Å². The van der Waals surface area contributed by atoms with Gasteiger partial charge >= 0.3 is 6.03 Å². The van der Waals surface area contributed by atoms with Gasteiger partial charge in [0.2, 0.25) is 12.7 Å². The summed E-state index contributed by atoms with van der Waals surface area (Å²) >= 11 is 1.24. The third kappa shape index (κ3) is 4.86. The van der Waals surface area contributed by atoms with E-state index >= 15 is 0 Å². The number of amides is 3. The number of hydrogen-bond acceptors (Lipinski definition) is 7. The average Bonchev–Trinajstić information content (AvgIpc) is 3.41. The van der Waals surface area contributed by atoms with Gasteiger partial charge in [-0.3, -0.25) is 14.7 Å². The zero-order valence-corrected chi connectivity index (χ0v) is 18.5. The summed E-state index contributed by atoms with van der Waals surface area (Å²) in [5, 5.41) is 13.6. The SMILES string of the molecule is CCNC(=O)NC(=O)C(C)Sc1nnc(-c2ccccc2)n1Cc1ccc2c(c1)OCO2. The second-order valence-electron chi connectivity index (χ2n) is 7.05. The molecule has 32 heavy (non-hydrogen) atoms. The van der Waals surface area contributed by atoms with Crippen LogP contribution in [0.2, 0.25) is 0 Å². The first-order valence-corrected chi connectivity index (χ1v) is 11.1. The van der Waals surface area contributed by atoms with Crippen LogP contribution in [0.15, 0.2) is 53.7 Å². The lowest BCUT2D eigenvalue weighted by molar-refractivity contribution is -0.119.